The van der Waals surface area contributed by atoms with Crippen molar-refractivity contribution in [3.05, 3.63) is 16.1 Å². The van der Waals surface area contributed by atoms with Crippen molar-refractivity contribution in [2.45, 2.75) is 19.6 Å². The van der Waals surface area contributed by atoms with Crippen LogP contribution in [0, 0.1) is 6.92 Å². The van der Waals surface area contributed by atoms with E-state index in [0.29, 0.717) is 13.1 Å². The molecule has 2 heterocycles. The maximum Gasteiger partial charge on any atom is 0.231 e. The normalized spacial score (nSPS) is 20.4. The lowest BCUT2D eigenvalue weighted by atomic mass is 10.2. The minimum atomic E-state index is -0.310. The Morgan fingerprint density at radius 2 is 2.50 bits per heavy atom. The number of carbonyl (C=O) groups is 1. The molecule has 1 atom stereocenters. The zero-order valence-electron chi connectivity index (χ0n) is 12.0. The minimum Gasteiger partial charge on any atom is -0.374 e. The van der Waals surface area contributed by atoms with Gasteiger partial charge < -0.3 is 15.4 Å². The largest absolute Gasteiger partial charge is 0.374 e. The van der Waals surface area contributed by atoms with Crippen LogP contribution in [0.3, 0.4) is 0 Å². The molecule has 6 nitrogen and oxygen atoms in total. The van der Waals surface area contributed by atoms with E-state index in [4.69, 9.17) is 10.5 Å². The molecule has 1 fully saturated rings. The Morgan fingerprint density at radius 1 is 1.70 bits per heavy atom. The van der Waals surface area contributed by atoms with Gasteiger partial charge >= 0.3 is 0 Å². The standard InChI is InChI=1S/C13H22N4O2S/c1-10-15-5-12(20-10)8-17(9-13(14)18)7-11-6-16(2)3-4-19-11/h5,11H,3-4,6-9H2,1-2H3,(H2,14,18)/t11-/m0/s1. The summed E-state index contributed by atoms with van der Waals surface area (Å²) < 4.78 is 5.76. The molecule has 0 aromatic carbocycles. The van der Waals surface area contributed by atoms with Crippen LogP contribution in [0.25, 0.3) is 0 Å². The molecule has 7 heteroatoms. The fourth-order valence-electron chi connectivity index (χ4n) is 2.37. The second-order valence-electron chi connectivity index (χ2n) is 5.24. The Bertz CT molecular complexity index is 451. The lowest BCUT2D eigenvalue weighted by molar-refractivity contribution is -0.120. The summed E-state index contributed by atoms with van der Waals surface area (Å²) >= 11 is 1.65. The molecule has 0 aliphatic carbocycles. The molecule has 0 saturated carbocycles. The van der Waals surface area contributed by atoms with E-state index < -0.39 is 0 Å². The molecule has 1 aliphatic rings. The van der Waals surface area contributed by atoms with Crippen molar-refractivity contribution in [3.63, 3.8) is 0 Å². The van der Waals surface area contributed by atoms with Gasteiger partial charge in [-0.3, -0.25) is 9.69 Å². The second-order valence-corrected chi connectivity index (χ2v) is 6.56. The number of ether oxygens (including phenoxy) is 1. The lowest BCUT2D eigenvalue weighted by Gasteiger charge is -2.33. The quantitative estimate of drug-likeness (QED) is 0.805. The average Bonchev–Trinajstić information content (AvgIpc) is 2.73. The van der Waals surface area contributed by atoms with Crippen molar-refractivity contribution >= 4 is 17.2 Å². The van der Waals surface area contributed by atoms with Gasteiger partial charge in [0.1, 0.15) is 0 Å². The summed E-state index contributed by atoms with van der Waals surface area (Å²) in [4.78, 5) is 20.9. The topological polar surface area (TPSA) is 71.7 Å². The van der Waals surface area contributed by atoms with Crippen molar-refractivity contribution in [3.8, 4) is 0 Å². The highest BCUT2D eigenvalue weighted by Gasteiger charge is 2.22. The average molecular weight is 298 g/mol. The Labute approximate surface area is 123 Å². The first-order chi connectivity index (χ1) is 9.52. The van der Waals surface area contributed by atoms with Crippen LogP contribution < -0.4 is 5.73 Å². The molecule has 20 heavy (non-hydrogen) atoms. The van der Waals surface area contributed by atoms with E-state index >= 15 is 0 Å². The highest BCUT2D eigenvalue weighted by atomic mass is 32.1. The van der Waals surface area contributed by atoms with Gasteiger partial charge in [0.05, 0.1) is 24.3 Å². The number of nitrogens with two attached hydrogens (primary N) is 1. The van der Waals surface area contributed by atoms with Crippen LogP contribution in [-0.2, 0) is 16.1 Å². The van der Waals surface area contributed by atoms with Crippen LogP contribution in [0.5, 0.6) is 0 Å². The van der Waals surface area contributed by atoms with Crippen LogP contribution in [-0.4, -0.2) is 66.6 Å². The SMILES string of the molecule is Cc1ncc(CN(CC(N)=O)C[C@@H]2CN(C)CCO2)s1. The van der Waals surface area contributed by atoms with E-state index in [1.165, 1.54) is 0 Å². The van der Waals surface area contributed by atoms with Crippen LogP contribution in [0.1, 0.15) is 9.88 Å². The fourth-order valence-corrected chi connectivity index (χ4v) is 3.21. The molecule has 1 aromatic rings. The van der Waals surface area contributed by atoms with E-state index in [2.05, 4.69) is 16.9 Å². The van der Waals surface area contributed by atoms with E-state index in [-0.39, 0.29) is 18.6 Å². The molecule has 2 N–H and O–H groups in total. The van der Waals surface area contributed by atoms with Crippen LogP contribution in [0.2, 0.25) is 0 Å². The molecule has 1 amide bonds. The first-order valence-electron chi connectivity index (χ1n) is 6.75. The fraction of sp³-hybridized carbons (Fsp3) is 0.692. The summed E-state index contributed by atoms with van der Waals surface area (Å²) in [5, 5.41) is 1.03. The van der Waals surface area contributed by atoms with Crippen LogP contribution >= 0.6 is 11.3 Å². The number of hydrogen-bond acceptors (Lipinski definition) is 6. The van der Waals surface area contributed by atoms with Crippen molar-refractivity contribution in [2.75, 3.05) is 39.8 Å². The van der Waals surface area contributed by atoms with E-state index in [1.54, 1.807) is 11.3 Å². The zero-order valence-corrected chi connectivity index (χ0v) is 12.9. The van der Waals surface area contributed by atoms with Crippen molar-refractivity contribution < 1.29 is 9.53 Å². The van der Waals surface area contributed by atoms with Gasteiger partial charge in [0.25, 0.3) is 0 Å². The molecule has 1 aliphatic heterocycles. The number of nitrogens with zero attached hydrogens (tertiary/aromatic N) is 3. The van der Waals surface area contributed by atoms with Gasteiger partial charge in [0.15, 0.2) is 0 Å². The van der Waals surface area contributed by atoms with Gasteiger partial charge in [0, 0.05) is 37.3 Å². The van der Waals surface area contributed by atoms with Gasteiger partial charge in [0.2, 0.25) is 5.91 Å². The zero-order chi connectivity index (χ0) is 14.5. The molecule has 0 bridgehead atoms. The number of morpholine rings is 1. The van der Waals surface area contributed by atoms with Crippen molar-refractivity contribution in [1.82, 2.24) is 14.8 Å². The van der Waals surface area contributed by atoms with Crippen LogP contribution in [0.15, 0.2) is 6.20 Å². The van der Waals surface area contributed by atoms with Gasteiger partial charge in [-0.05, 0) is 14.0 Å². The summed E-state index contributed by atoms with van der Waals surface area (Å²) in [5.74, 6) is -0.310. The number of amides is 1. The van der Waals surface area contributed by atoms with Gasteiger partial charge in [-0.15, -0.1) is 11.3 Å². The third-order valence-electron chi connectivity index (χ3n) is 3.23. The monoisotopic (exact) mass is 298 g/mol. The molecular weight excluding hydrogens is 276 g/mol. The van der Waals surface area contributed by atoms with E-state index in [0.717, 1.165) is 29.6 Å². The molecule has 0 radical (unpaired) electrons. The summed E-state index contributed by atoms with van der Waals surface area (Å²) in [6.45, 7) is 6.22. The van der Waals surface area contributed by atoms with Crippen LogP contribution in [0.4, 0.5) is 0 Å². The van der Waals surface area contributed by atoms with E-state index in [9.17, 15) is 4.79 Å². The third kappa shape index (κ3) is 4.82. The number of carbonyl (C=O) groups excluding carboxylic acids is 1. The highest BCUT2D eigenvalue weighted by molar-refractivity contribution is 7.11. The molecule has 1 saturated heterocycles. The van der Waals surface area contributed by atoms with E-state index in [1.807, 2.05) is 18.0 Å². The Morgan fingerprint density at radius 3 is 3.10 bits per heavy atom. The summed E-state index contributed by atoms with van der Waals surface area (Å²) in [5.41, 5.74) is 5.34. The number of thiazole rings is 1. The van der Waals surface area contributed by atoms with Crippen molar-refractivity contribution in [1.29, 1.82) is 0 Å². The first kappa shape index (κ1) is 15.4. The lowest BCUT2D eigenvalue weighted by Crippen LogP contribution is -2.47. The first-order valence-corrected chi connectivity index (χ1v) is 7.56. The Kier molecular flexibility index (Phi) is 5.47. The maximum atomic E-state index is 11.2. The summed E-state index contributed by atoms with van der Waals surface area (Å²) in [6, 6.07) is 0. The molecule has 0 unspecified atom stereocenters. The Hall–Kier alpha value is -1.02. The highest BCUT2D eigenvalue weighted by Crippen LogP contribution is 2.15. The second kappa shape index (κ2) is 7.12. The predicted octanol–water partition coefficient (Wildman–Crippen LogP) is 0.0694. The minimum absolute atomic E-state index is 0.127. The summed E-state index contributed by atoms with van der Waals surface area (Å²) in [7, 11) is 2.08. The molecule has 112 valence electrons. The van der Waals surface area contributed by atoms with Crippen molar-refractivity contribution in [2.24, 2.45) is 5.73 Å². The number of aromatic nitrogens is 1. The smallest absolute Gasteiger partial charge is 0.231 e. The van der Waals surface area contributed by atoms with Gasteiger partial charge in [-0.25, -0.2) is 4.98 Å². The molecule has 1 aromatic heterocycles. The number of rotatable bonds is 6. The maximum absolute atomic E-state index is 11.2. The summed E-state index contributed by atoms with van der Waals surface area (Å²) in [6.07, 6.45) is 1.99. The molecule has 2 rings (SSSR count). The number of aryl methyl sites for hydroxylation is 1. The Balaban J connectivity index is 1.94. The van der Waals surface area contributed by atoms with Gasteiger partial charge in [-0.2, -0.15) is 0 Å². The number of hydrogen-bond donors (Lipinski definition) is 1. The molecule has 0 spiro atoms. The number of likely N-dealkylation sites (N-methyl/N-ethyl adjacent to an activating group) is 1. The third-order valence-corrected chi connectivity index (χ3v) is 4.13. The number of primary amides is 1. The molecular formula is C13H22N4O2S. The van der Waals surface area contributed by atoms with Gasteiger partial charge in [-0.1, -0.05) is 0 Å². The predicted molar refractivity (Wildman–Crippen MR) is 78.6 cm³/mol.